The maximum atomic E-state index is 11.7. The summed E-state index contributed by atoms with van der Waals surface area (Å²) in [6, 6.07) is 19.8. The number of ether oxygens (including phenoxy) is 1. The van der Waals surface area contributed by atoms with E-state index in [4.69, 9.17) is 4.74 Å². The summed E-state index contributed by atoms with van der Waals surface area (Å²) in [5.74, 6) is -0.336. The molecule has 1 N–H and O–H groups in total. The Labute approximate surface area is 125 Å². The van der Waals surface area contributed by atoms with Crippen LogP contribution < -0.4 is 5.32 Å². The molecule has 0 amide bonds. The van der Waals surface area contributed by atoms with Crippen LogP contribution in [-0.4, -0.2) is 12.6 Å². The average Bonchev–Trinajstić information content (AvgIpc) is 2.53. The molecule has 0 radical (unpaired) electrons. The molecule has 0 atom stereocenters. The van der Waals surface area contributed by atoms with E-state index >= 15 is 0 Å². The number of nitrogens with one attached hydrogen (secondary N) is 1. The molecule has 21 heavy (non-hydrogen) atoms. The Morgan fingerprint density at radius 3 is 2.29 bits per heavy atom. The van der Waals surface area contributed by atoms with Crippen LogP contribution in [0.3, 0.4) is 0 Å². The van der Waals surface area contributed by atoms with Gasteiger partial charge in [0, 0.05) is 18.3 Å². The lowest BCUT2D eigenvalue weighted by molar-refractivity contribution is -0.137. The van der Waals surface area contributed by atoms with Gasteiger partial charge in [0.1, 0.15) is 0 Å². The van der Waals surface area contributed by atoms with Gasteiger partial charge in [-0.25, -0.2) is 4.79 Å². The summed E-state index contributed by atoms with van der Waals surface area (Å²) >= 11 is 0. The lowest BCUT2D eigenvalue weighted by Gasteiger charge is -2.11. The molecule has 0 bridgehead atoms. The smallest absolute Gasteiger partial charge is 0.332 e. The van der Waals surface area contributed by atoms with Crippen LogP contribution in [-0.2, 0) is 16.1 Å². The molecular formula is C18H19NO2. The van der Waals surface area contributed by atoms with E-state index in [1.165, 1.54) is 6.08 Å². The summed E-state index contributed by atoms with van der Waals surface area (Å²) in [6.07, 6.45) is 1.50. The van der Waals surface area contributed by atoms with Gasteiger partial charge in [-0.05, 0) is 18.1 Å². The maximum Gasteiger partial charge on any atom is 0.332 e. The van der Waals surface area contributed by atoms with Crippen molar-refractivity contribution in [1.29, 1.82) is 0 Å². The second-order valence-electron chi connectivity index (χ2n) is 4.52. The van der Waals surface area contributed by atoms with Gasteiger partial charge < -0.3 is 10.1 Å². The molecule has 0 heterocycles. The Hall–Kier alpha value is -2.55. The van der Waals surface area contributed by atoms with Crippen LogP contribution >= 0.6 is 0 Å². The fourth-order valence-corrected chi connectivity index (χ4v) is 1.95. The van der Waals surface area contributed by atoms with Gasteiger partial charge >= 0.3 is 5.97 Å². The second-order valence-corrected chi connectivity index (χ2v) is 4.52. The highest BCUT2D eigenvalue weighted by Gasteiger charge is 2.05. The highest BCUT2D eigenvalue weighted by Crippen LogP contribution is 2.12. The predicted octanol–water partition coefficient (Wildman–Crippen LogP) is 3.38. The first-order valence-electron chi connectivity index (χ1n) is 7.01. The number of rotatable bonds is 6. The molecule has 0 fully saturated rings. The summed E-state index contributed by atoms with van der Waals surface area (Å²) in [5.41, 5.74) is 2.88. The Morgan fingerprint density at radius 2 is 1.67 bits per heavy atom. The van der Waals surface area contributed by atoms with Crippen molar-refractivity contribution in [1.82, 2.24) is 5.32 Å². The molecule has 0 aliphatic rings. The average molecular weight is 281 g/mol. The fourth-order valence-electron chi connectivity index (χ4n) is 1.95. The van der Waals surface area contributed by atoms with Crippen LogP contribution in [0.25, 0.3) is 5.70 Å². The van der Waals surface area contributed by atoms with Crippen molar-refractivity contribution in [2.45, 2.75) is 13.5 Å². The molecule has 2 aromatic rings. The molecule has 2 rings (SSSR count). The highest BCUT2D eigenvalue weighted by atomic mass is 16.5. The van der Waals surface area contributed by atoms with Crippen LogP contribution in [0.5, 0.6) is 0 Å². The van der Waals surface area contributed by atoms with Gasteiger partial charge in [-0.3, -0.25) is 0 Å². The molecule has 0 aliphatic heterocycles. The zero-order valence-corrected chi connectivity index (χ0v) is 12.1. The van der Waals surface area contributed by atoms with Crippen LogP contribution in [0.4, 0.5) is 0 Å². The zero-order chi connectivity index (χ0) is 14.9. The Balaban J connectivity index is 2.14. The minimum absolute atomic E-state index is 0.336. The van der Waals surface area contributed by atoms with Gasteiger partial charge in [0.25, 0.3) is 0 Å². The summed E-state index contributed by atoms with van der Waals surface area (Å²) in [7, 11) is 0. The molecule has 2 aromatic carbocycles. The van der Waals surface area contributed by atoms with E-state index in [1.807, 2.05) is 60.7 Å². The number of esters is 1. The van der Waals surface area contributed by atoms with Gasteiger partial charge in [0.15, 0.2) is 0 Å². The Morgan fingerprint density at radius 1 is 1.05 bits per heavy atom. The van der Waals surface area contributed by atoms with Crippen molar-refractivity contribution >= 4 is 11.7 Å². The second kappa shape index (κ2) is 7.90. The summed E-state index contributed by atoms with van der Waals surface area (Å²) in [4.78, 5) is 11.7. The van der Waals surface area contributed by atoms with E-state index < -0.39 is 0 Å². The van der Waals surface area contributed by atoms with Gasteiger partial charge in [-0.15, -0.1) is 0 Å². The highest BCUT2D eigenvalue weighted by molar-refractivity contribution is 5.90. The molecule has 0 aromatic heterocycles. The van der Waals surface area contributed by atoms with Crippen molar-refractivity contribution in [3.05, 3.63) is 77.9 Å². The fraction of sp³-hybridized carbons (Fsp3) is 0.167. The van der Waals surface area contributed by atoms with E-state index in [0.29, 0.717) is 13.2 Å². The summed E-state index contributed by atoms with van der Waals surface area (Å²) in [5, 5.41) is 3.30. The number of hydrogen-bond acceptors (Lipinski definition) is 3. The SMILES string of the molecule is CCOC(=O)C=C(NCc1ccccc1)c1ccccc1. The molecule has 0 saturated carbocycles. The molecular weight excluding hydrogens is 262 g/mol. The van der Waals surface area contributed by atoms with Crippen molar-refractivity contribution in [3.63, 3.8) is 0 Å². The third-order valence-electron chi connectivity index (χ3n) is 2.96. The molecule has 0 unspecified atom stereocenters. The molecule has 3 heteroatoms. The lowest BCUT2D eigenvalue weighted by atomic mass is 10.1. The maximum absolute atomic E-state index is 11.7. The van der Waals surface area contributed by atoms with Crippen molar-refractivity contribution in [3.8, 4) is 0 Å². The number of carbonyl (C=O) groups excluding carboxylic acids is 1. The molecule has 0 saturated heterocycles. The molecule has 0 spiro atoms. The van der Waals surface area contributed by atoms with Gasteiger partial charge in [-0.1, -0.05) is 60.7 Å². The largest absolute Gasteiger partial charge is 0.463 e. The predicted molar refractivity (Wildman–Crippen MR) is 84.3 cm³/mol. The summed E-state index contributed by atoms with van der Waals surface area (Å²) in [6.45, 7) is 2.82. The third-order valence-corrected chi connectivity index (χ3v) is 2.96. The van der Waals surface area contributed by atoms with Crippen LogP contribution in [0.2, 0.25) is 0 Å². The molecule has 108 valence electrons. The van der Waals surface area contributed by atoms with Crippen molar-refractivity contribution in [2.24, 2.45) is 0 Å². The van der Waals surface area contributed by atoms with Gasteiger partial charge in [0.05, 0.1) is 6.61 Å². The minimum atomic E-state index is -0.336. The van der Waals surface area contributed by atoms with Crippen molar-refractivity contribution in [2.75, 3.05) is 6.61 Å². The first-order chi connectivity index (χ1) is 10.3. The summed E-state index contributed by atoms with van der Waals surface area (Å²) < 4.78 is 4.99. The van der Waals surface area contributed by atoms with Crippen LogP contribution in [0.15, 0.2) is 66.7 Å². The van der Waals surface area contributed by atoms with E-state index in [0.717, 1.165) is 16.8 Å². The number of carbonyl (C=O) groups is 1. The first-order valence-corrected chi connectivity index (χ1v) is 7.01. The van der Waals surface area contributed by atoms with E-state index in [-0.39, 0.29) is 5.97 Å². The van der Waals surface area contributed by atoms with Gasteiger partial charge in [-0.2, -0.15) is 0 Å². The minimum Gasteiger partial charge on any atom is -0.463 e. The normalized spacial score (nSPS) is 11.0. The standard InChI is InChI=1S/C18H19NO2/c1-2-21-18(20)13-17(16-11-7-4-8-12-16)19-14-15-9-5-3-6-10-15/h3-13,19H,2,14H2,1H3. The van der Waals surface area contributed by atoms with Crippen LogP contribution in [0.1, 0.15) is 18.1 Å². The van der Waals surface area contributed by atoms with E-state index in [1.54, 1.807) is 6.92 Å². The Bertz CT molecular complexity index is 591. The number of benzene rings is 2. The first kappa shape index (κ1) is 14.9. The van der Waals surface area contributed by atoms with Gasteiger partial charge in [0.2, 0.25) is 0 Å². The number of hydrogen-bond donors (Lipinski definition) is 1. The molecule has 0 aliphatic carbocycles. The topological polar surface area (TPSA) is 38.3 Å². The van der Waals surface area contributed by atoms with E-state index in [9.17, 15) is 4.79 Å². The zero-order valence-electron chi connectivity index (χ0n) is 12.1. The lowest BCUT2D eigenvalue weighted by Crippen LogP contribution is -2.14. The quantitative estimate of drug-likeness (QED) is 0.651. The molecule has 3 nitrogen and oxygen atoms in total. The monoisotopic (exact) mass is 281 g/mol. The van der Waals surface area contributed by atoms with E-state index in [2.05, 4.69) is 5.32 Å². The third kappa shape index (κ3) is 4.80. The Kier molecular flexibility index (Phi) is 5.59. The van der Waals surface area contributed by atoms with Crippen molar-refractivity contribution < 1.29 is 9.53 Å². The van der Waals surface area contributed by atoms with Crippen LogP contribution in [0, 0.1) is 0 Å².